The van der Waals surface area contributed by atoms with Gasteiger partial charge >= 0.3 is 0 Å². The molecule has 0 aliphatic heterocycles. The van der Waals surface area contributed by atoms with Crippen LogP contribution in [0.2, 0.25) is 0 Å². The van der Waals surface area contributed by atoms with E-state index in [4.69, 9.17) is 9.47 Å². The predicted octanol–water partition coefficient (Wildman–Crippen LogP) is 3.19. The van der Waals surface area contributed by atoms with E-state index in [1.807, 2.05) is 0 Å². The van der Waals surface area contributed by atoms with Crippen molar-refractivity contribution in [3.63, 3.8) is 0 Å². The number of amides is 1. The molecule has 0 unspecified atom stereocenters. The lowest BCUT2D eigenvalue weighted by Gasteiger charge is -2.13. The van der Waals surface area contributed by atoms with E-state index in [-0.39, 0.29) is 5.91 Å². The van der Waals surface area contributed by atoms with Crippen molar-refractivity contribution in [1.82, 2.24) is 0 Å². The molecule has 4 nitrogen and oxygen atoms in total. The maximum absolute atomic E-state index is 11.0. The van der Waals surface area contributed by atoms with Crippen LogP contribution in [0.1, 0.15) is 6.92 Å². The molecule has 0 fully saturated rings. The van der Waals surface area contributed by atoms with E-state index in [0.29, 0.717) is 30.4 Å². The van der Waals surface area contributed by atoms with Crippen LogP contribution in [0, 0.1) is 0 Å². The number of carbonyl (C=O) groups excluding carboxylic acids is 1. The highest BCUT2D eigenvalue weighted by Crippen LogP contribution is 2.30. The molecule has 0 heterocycles. The molecule has 1 amide bonds. The third-order valence-corrected chi connectivity index (χ3v) is 2.58. The highest BCUT2D eigenvalue weighted by molar-refractivity contribution is 9.09. The van der Waals surface area contributed by atoms with Crippen molar-refractivity contribution in [1.29, 1.82) is 0 Å². The summed E-state index contributed by atoms with van der Waals surface area (Å²) in [6.45, 7) is 2.56. The molecule has 1 aromatic carbocycles. The molecule has 1 rings (SSSR count). The summed E-state index contributed by atoms with van der Waals surface area (Å²) in [5, 5.41) is 4.19. The van der Waals surface area contributed by atoms with Gasteiger partial charge in [0.15, 0.2) is 11.5 Å². The largest absolute Gasteiger partial charge is 0.489 e. The van der Waals surface area contributed by atoms with Crippen molar-refractivity contribution >= 4 is 43.5 Å². The zero-order valence-corrected chi connectivity index (χ0v) is 13.2. The number of rotatable bonds is 7. The van der Waals surface area contributed by atoms with Crippen LogP contribution in [0.5, 0.6) is 11.5 Å². The Balaban J connectivity index is 2.84. The van der Waals surface area contributed by atoms with Crippen molar-refractivity contribution < 1.29 is 14.3 Å². The summed E-state index contributed by atoms with van der Waals surface area (Å²) in [6, 6.07) is 5.33. The van der Waals surface area contributed by atoms with E-state index in [2.05, 4.69) is 37.2 Å². The quantitative estimate of drug-likeness (QED) is 0.739. The number of hydrogen-bond donors (Lipinski definition) is 1. The Kier molecular flexibility index (Phi) is 7.12. The Morgan fingerprint density at radius 2 is 1.78 bits per heavy atom. The summed E-state index contributed by atoms with van der Waals surface area (Å²) in [4.78, 5) is 11.0. The van der Waals surface area contributed by atoms with Gasteiger partial charge in [-0.15, -0.1) is 0 Å². The number of hydrogen-bond acceptors (Lipinski definition) is 3. The number of alkyl halides is 2. The minimum absolute atomic E-state index is 0.115. The number of nitrogens with one attached hydrogen (secondary N) is 1. The fourth-order valence-corrected chi connectivity index (χ4v) is 1.64. The molecule has 0 saturated heterocycles. The van der Waals surface area contributed by atoms with E-state index < -0.39 is 0 Å². The maximum Gasteiger partial charge on any atom is 0.221 e. The highest BCUT2D eigenvalue weighted by Gasteiger charge is 2.07. The normalized spacial score (nSPS) is 9.94. The maximum atomic E-state index is 11.0. The van der Waals surface area contributed by atoms with Crippen molar-refractivity contribution in [2.45, 2.75) is 6.92 Å². The third kappa shape index (κ3) is 5.27. The minimum Gasteiger partial charge on any atom is -0.489 e. The zero-order valence-electron chi connectivity index (χ0n) is 10.0. The predicted molar refractivity (Wildman–Crippen MR) is 79.3 cm³/mol. The molecular formula is C12H15Br2NO3. The summed E-state index contributed by atoms with van der Waals surface area (Å²) in [6.07, 6.45) is 0. The van der Waals surface area contributed by atoms with Gasteiger partial charge in [0.05, 0.1) is 13.2 Å². The van der Waals surface area contributed by atoms with Crippen LogP contribution in [-0.2, 0) is 4.79 Å². The Morgan fingerprint density at radius 3 is 2.33 bits per heavy atom. The minimum atomic E-state index is -0.115. The first-order valence-electron chi connectivity index (χ1n) is 5.46. The second kappa shape index (κ2) is 8.37. The van der Waals surface area contributed by atoms with Crippen LogP contribution < -0.4 is 14.8 Å². The molecule has 1 N–H and O–H groups in total. The molecule has 0 bridgehead atoms. The molecule has 0 aliphatic carbocycles. The van der Waals surface area contributed by atoms with Gasteiger partial charge in [-0.2, -0.15) is 0 Å². The monoisotopic (exact) mass is 379 g/mol. The number of carbonyl (C=O) groups is 1. The SMILES string of the molecule is CC(=O)Nc1ccc(OCCBr)c(OCCBr)c1. The van der Waals surface area contributed by atoms with Crippen LogP contribution in [0.3, 0.4) is 0 Å². The smallest absolute Gasteiger partial charge is 0.221 e. The first-order chi connectivity index (χ1) is 8.67. The molecular weight excluding hydrogens is 366 g/mol. The molecule has 6 heteroatoms. The van der Waals surface area contributed by atoms with Gasteiger partial charge in [0.1, 0.15) is 0 Å². The standard InChI is InChI=1S/C12H15Br2NO3/c1-9(16)15-10-2-3-11(17-6-4-13)12(8-10)18-7-5-14/h2-3,8H,4-7H2,1H3,(H,15,16). The topological polar surface area (TPSA) is 47.6 Å². The fraction of sp³-hybridized carbons (Fsp3) is 0.417. The first-order valence-corrected chi connectivity index (χ1v) is 7.71. The Morgan fingerprint density at radius 1 is 1.17 bits per heavy atom. The zero-order chi connectivity index (χ0) is 13.4. The summed E-state index contributed by atoms with van der Waals surface area (Å²) in [7, 11) is 0. The van der Waals surface area contributed by atoms with Crippen LogP contribution in [0.25, 0.3) is 0 Å². The van der Waals surface area contributed by atoms with Crippen molar-refractivity contribution in [3.8, 4) is 11.5 Å². The van der Waals surface area contributed by atoms with E-state index in [9.17, 15) is 4.79 Å². The highest BCUT2D eigenvalue weighted by atomic mass is 79.9. The Bertz CT molecular complexity index is 399. The molecule has 0 aromatic heterocycles. The molecule has 18 heavy (non-hydrogen) atoms. The second-order valence-corrected chi connectivity index (χ2v) is 5.00. The van der Waals surface area contributed by atoms with Crippen molar-refractivity contribution in [2.75, 3.05) is 29.2 Å². The first kappa shape index (κ1) is 15.3. The number of benzene rings is 1. The second-order valence-electron chi connectivity index (χ2n) is 3.42. The summed E-state index contributed by atoms with van der Waals surface area (Å²) < 4.78 is 11.1. The summed E-state index contributed by atoms with van der Waals surface area (Å²) in [5.41, 5.74) is 0.693. The lowest BCUT2D eigenvalue weighted by molar-refractivity contribution is -0.114. The summed E-state index contributed by atoms with van der Waals surface area (Å²) in [5.74, 6) is 1.18. The molecule has 0 spiro atoms. The van der Waals surface area contributed by atoms with Gasteiger partial charge < -0.3 is 14.8 Å². The molecule has 0 aliphatic rings. The van der Waals surface area contributed by atoms with Crippen LogP contribution in [0.15, 0.2) is 18.2 Å². The van der Waals surface area contributed by atoms with Gasteiger partial charge in [-0.05, 0) is 12.1 Å². The van der Waals surface area contributed by atoms with Gasteiger partial charge in [-0.1, -0.05) is 31.9 Å². The van der Waals surface area contributed by atoms with Gasteiger partial charge in [0.25, 0.3) is 0 Å². The van der Waals surface area contributed by atoms with Crippen LogP contribution >= 0.6 is 31.9 Å². The lowest BCUT2D eigenvalue weighted by atomic mass is 10.2. The van der Waals surface area contributed by atoms with Crippen LogP contribution in [0.4, 0.5) is 5.69 Å². The average molecular weight is 381 g/mol. The van der Waals surface area contributed by atoms with E-state index >= 15 is 0 Å². The molecule has 100 valence electrons. The van der Waals surface area contributed by atoms with E-state index in [1.54, 1.807) is 18.2 Å². The molecule has 0 radical (unpaired) electrons. The lowest BCUT2D eigenvalue weighted by Crippen LogP contribution is -2.07. The molecule has 1 aromatic rings. The number of ether oxygens (including phenoxy) is 2. The van der Waals surface area contributed by atoms with Gasteiger partial charge in [-0.3, -0.25) is 4.79 Å². The average Bonchev–Trinajstić information content (AvgIpc) is 2.34. The van der Waals surface area contributed by atoms with Gasteiger partial charge in [-0.25, -0.2) is 0 Å². The molecule has 0 atom stereocenters. The van der Waals surface area contributed by atoms with E-state index in [1.165, 1.54) is 6.92 Å². The van der Waals surface area contributed by atoms with E-state index in [0.717, 1.165) is 10.7 Å². The van der Waals surface area contributed by atoms with Crippen LogP contribution in [-0.4, -0.2) is 29.8 Å². The molecule has 0 saturated carbocycles. The van der Waals surface area contributed by atoms with Gasteiger partial charge in [0, 0.05) is 29.3 Å². The fourth-order valence-electron chi connectivity index (χ4n) is 1.32. The summed E-state index contributed by atoms with van der Waals surface area (Å²) >= 11 is 6.60. The number of anilines is 1. The van der Waals surface area contributed by atoms with Crippen molar-refractivity contribution in [3.05, 3.63) is 18.2 Å². The van der Waals surface area contributed by atoms with Crippen molar-refractivity contribution in [2.24, 2.45) is 0 Å². The van der Waals surface area contributed by atoms with Gasteiger partial charge in [0.2, 0.25) is 5.91 Å². The third-order valence-electron chi connectivity index (χ3n) is 1.93. The Labute approximate surface area is 123 Å². The Hall–Kier alpha value is -0.750. The number of halogens is 2.